The maximum Gasteiger partial charge on any atom is 0.416 e. The molecule has 1 aliphatic heterocycles. The van der Waals surface area contributed by atoms with Gasteiger partial charge in [-0.25, -0.2) is 4.79 Å². The number of piperidine rings is 1. The van der Waals surface area contributed by atoms with Crippen LogP contribution in [0.5, 0.6) is 0 Å². The number of carbonyl (C=O) groups is 1. The van der Waals surface area contributed by atoms with E-state index in [1.165, 1.54) is 0 Å². The van der Waals surface area contributed by atoms with E-state index in [0.717, 1.165) is 12.1 Å². The molecule has 1 fully saturated rings. The fourth-order valence-electron chi connectivity index (χ4n) is 3.03. The highest BCUT2D eigenvalue weighted by Gasteiger charge is 2.35. The Kier molecular flexibility index (Phi) is 6.53. The van der Waals surface area contributed by atoms with Crippen LogP contribution >= 0.6 is 0 Å². The lowest BCUT2D eigenvalue weighted by Gasteiger charge is -2.33. The molecule has 28 heavy (non-hydrogen) atoms. The Hall–Kier alpha value is -2.36. The molecule has 0 unspecified atom stereocenters. The number of nitrogens with one attached hydrogen (secondary N) is 1. The number of amides is 1. The Bertz CT molecular complexity index is 724. The third kappa shape index (κ3) is 6.36. The molecular weight excluding hydrogens is 379 g/mol. The number of likely N-dealkylation sites (tertiary alicyclic amines) is 1. The molecule has 7 nitrogen and oxygen atoms in total. The standard InChI is InChI=1S/C18H24F3N3O4/c1-17(2,3)28-16(25)22-13-6-8-23(9-7-13)11-12-4-5-14(24(26)27)10-15(12)18(19,20)21/h4-5,10,13H,6-9,11H2,1-3H3,(H,22,25). The van der Waals surface area contributed by atoms with Crippen LogP contribution in [-0.4, -0.2) is 40.6 Å². The molecule has 1 aromatic carbocycles. The largest absolute Gasteiger partial charge is 0.444 e. The number of alkyl halides is 3. The van der Waals surface area contributed by atoms with E-state index >= 15 is 0 Å². The van der Waals surface area contributed by atoms with Gasteiger partial charge in [0.05, 0.1) is 10.5 Å². The zero-order chi connectivity index (χ0) is 21.1. The van der Waals surface area contributed by atoms with Crippen LogP contribution in [0.1, 0.15) is 44.7 Å². The molecule has 1 aromatic rings. The fourth-order valence-corrected chi connectivity index (χ4v) is 3.03. The Balaban J connectivity index is 1.98. The number of benzene rings is 1. The van der Waals surface area contributed by atoms with E-state index < -0.39 is 34.0 Å². The number of nitro benzene ring substituents is 1. The third-order valence-corrected chi connectivity index (χ3v) is 4.31. The molecule has 0 saturated carbocycles. The van der Waals surface area contributed by atoms with Crippen molar-refractivity contribution in [2.75, 3.05) is 13.1 Å². The first-order chi connectivity index (χ1) is 12.8. The van der Waals surface area contributed by atoms with E-state index in [0.29, 0.717) is 32.0 Å². The molecule has 10 heteroatoms. The average Bonchev–Trinajstić information content (AvgIpc) is 2.54. The van der Waals surface area contributed by atoms with Crippen LogP contribution in [0.25, 0.3) is 0 Å². The monoisotopic (exact) mass is 403 g/mol. The number of nitro groups is 1. The second-order valence-corrected chi connectivity index (χ2v) is 7.79. The first-order valence-corrected chi connectivity index (χ1v) is 8.91. The van der Waals surface area contributed by atoms with Crippen LogP contribution in [0.3, 0.4) is 0 Å². The summed E-state index contributed by atoms with van der Waals surface area (Å²) >= 11 is 0. The number of non-ortho nitro benzene ring substituents is 1. The summed E-state index contributed by atoms with van der Waals surface area (Å²) in [5.41, 5.74) is -2.18. The van der Waals surface area contributed by atoms with Gasteiger partial charge in [-0.2, -0.15) is 13.2 Å². The maximum absolute atomic E-state index is 13.3. The number of carbonyl (C=O) groups excluding carboxylic acids is 1. The van der Waals surface area contributed by atoms with Crippen LogP contribution in [0.2, 0.25) is 0 Å². The normalized spacial score (nSPS) is 16.6. The number of alkyl carbamates (subject to hydrolysis) is 1. The zero-order valence-electron chi connectivity index (χ0n) is 16.0. The van der Waals surface area contributed by atoms with Crippen molar-refractivity contribution in [1.29, 1.82) is 0 Å². The maximum atomic E-state index is 13.3. The first kappa shape index (κ1) is 21.9. The quantitative estimate of drug-likeness (QED) is 0.604. The minimum Gasteiger partial charge on any atom is -0.444 e. The molecule has 156 valence electrons. The minimum absolute atomic E-state index is 0.00310. The first-order valence-electron chi connectivity index (χ1n) is 8.91. The SMILES string of the molecule is CC(C)(C)OC(=O)NC1CCN(Cc2ccc([N+](=O)[O-])cc2C(F)(F)F)CC1. The Labute approximate surface area is 161 Å². The molecule has 0 atom stereocenters. The van der Waals surface area contributed by atoms with Crippen molar-refractivity contribution in [3.8, 4) is 0 Å². The predicted molar refractivity (Wildman–Crippen MR) is 95.8 cm³/mol. The molecule has 1 amide bonds. The molecule has 0 spiro atoms. The number of nitrogens with zero attached hydrogens (tertiary/aromatic N) is 2. The van der Waals surface area contributed by atoms with Gasteiger partial charge in [0.25, 0.3) is 5.69 Å². The van der Waals surface area contributed by atoms with Gasteiger partial charge in [-0.05, 0) is 39.2 Å². The zero-order valence-corrected chi connectivity index (χ0v) is 16.0. The average molecular weight is 403 g/mol. The fraction of sp³-hybridized carbons (Fsp3) is 0.611. The molecule has 1 aliphatic rings. The van der Waals surface area contributed by atoms with Crippen LogP contribution in [0.4, 0.5) is 23.7 Å². The molecule has 2 rings (SSSR count). The van der Waals surface area contributed by atoms with Crippen molar-refractivity contribution in [3.63, 3.8) is 0 Å². The second-order valence-electron chi connectivity index (χ2n) is 7.79. The van der Waals surface area contributed by atoms with E-state index in [-0.39, 0.29) is 18.2 Å². The van der Waals surface area contributed by atoms with E-state index in [9.17, 15) is 28.1 Å². The van der Waals surface area contributed by atoms with Gasteiger partial charge < -0.3 is 10.1 Å². The lowest BCUT2D eigenvalue weighted by atomic mass is 10.0. The lowest BCUT2D eigenvalue weighted by Crippen LogP contribution is -2.46. The highest BCUT2D eigenvalue weighted by atomic mass is 19.4. The van der Waals surface area contributed by atoms with Gasteiger partial charge in [0.15, 0.2) is 0 Å². The molecule has 1 N–H and O–H groups in total. The van der Waals surface area contributed by atoms with E-state index in [4.69, 9.17) is 4.74 Å². The summed E-state index contributed by atoms with van der Waals surface area (Å²) in [6, 6.07) is 2.71. The summed E-state index contributed by atoms with van der Waals surface area (Å²) < 4.78 is 45.1. The topological polar surface area (TPSA) is 84.7 Å². The summed E-state index contributed by atoms with van der Waals surface area (Å²) in [5, 5.41) is 13.5. The van der Waals surface area contributed by atoms with Gasteiger partial charge >= 0.3 is 12.3 Å². The molecule has 1 heterocycles. The lowest BCUT2D eigenvalue weighted by molar-refractivity contribution is -0.385. The van der Waals surface area contributed by atoms with E-state index in [1.807, 2.05) is 4.90 Å². The van der Waals surface area contributed by atoms with Gasteiger partial charge in [-0.15, -0.1) is 0 Å². The van der Waals surface area contributed by atoms with Crippen LogP contribution < -0.4 is 5.32 Å². The number of ether oxygens (including phenoxy) is 1. The third-order valence-electron chi connectivity index (χ3n) is 4.31. The molecule has 0 aromatic heterocycles. The van der Waals surface area contributed by atoms with Gasteiger partial charge in [-0.3, -0.25) is 15.0 Å². The summed E-state index contributed by atoms with van der Waals surface area (Å²) in [6.45, 7) is 6.31. The van der Waals surface area contributed by atoms with E-state index in [2.05, 4.69) is 5.32 Å². The number of rotatable bonds is 4. The van der Waals surface area contributed by atoms with Gasteiger partial charge in [0, 0.05) is 37.8 Å². The van der Waals surface area contributed by atoms with Gasteiger partial charge in [0.1, 0.15) is 5.60 Å². The van der Waals surface area contributed by atoms with Crippen LogP contribution in [0, 0.1) is 10.1 Å². The number of hydrogen-bond acceptors (Lipinski definition) is 5. The number of halogens is 3. The molecule has 0 radical (unpaired) electrons. The highest BCUT2D eigenvalue weighted by Crippen LogP contribution is 2.35. The number of hydrogen-bond donors (Lipinski definition) is 1. The van der Waals surface area contributed by atoms with Gasteiger partial charge in [-0.1, -0.05) is 6.07 Å². The van der Waals surface area contributed by atoms with Crippen LogP contribution in [0.15, 0.2) is 18.2 Å². The molecule has 0 bridgehead atoms. The molecule has 0 aliphatic carbocycles. The summed E-state index contributed by atoms with van der Waals surface area (Å²) in [6.07, 6.45) is -4.03. The Morgan fingerprint density at radius 1 is 1.29 bits per heavy atom. The summed E-state index contributed by atoms with van der Waals surface area (Å²) in [4.78, 5) is 23.6. The van der Waals surface area contributed by atoms with Crippen molar-refractivity contribution in [1.82, 2.24) is 10.2 Å². The van der Waals surface area contributed by atoms with Crippen molar-refractivity contribution >= 4 is 11.8 Å². The Morgan fingerprint density at radius 2 is 1.89 bits per heavy atom. The van der Waals surface area contributed by atoms with Crippen molar-refractivity contribution in [2.24, 2.45) is 0 Å². The summed E-state index contributed by atoms with van der Waals surface area (Å²) in [7, 11) is 0. The minimum atomic E-state index is -4.67. The predicted octanol–water partition coefficient (Wildman–Crippen LogP) is 4.10. The van der Waals surface area contributed by atoms with Crippen LogP contribution in [-0.2, 0) is 17.5 Å². The van der Waals surface area contributed by atoms with Crippen molar-refractivity contribution in [2.45, 2.75) is 58.0 Å². The summed E-state index contributed by atoms with van der Waals surface area (Å²) in [5.74, 6) is 0. The highest BCUT2D eigenvalue weighted by molar-refractivity contribution is 5.68. The van der Waals surface area contributed by atoms with E-state index in [1.54, 1.807) is 20.8 Å². The second kappa shape index (κ2) is 8.34. The molecule has 1 saturated heterocycles. The Morgan fingerprint density at radius 3 is 2.39 bits per heavy atom. The van der Waals surface area contributed by atoms with Crippen molar-refractivity contribution in [3.05, 3.63) is 39.4 Å². The smallest absolute Gasteiger partial charge is 0.416 e. The molecular formula is C18H24F3N3O4. The van der Waals surface area contributed by atoms with Gasteiger partial charge in [0.2, 0.25) is 0 Å². The van der Waals surface area contributed by atoms with Crippen molar-refractivity contribution < 1.29 is 27.6 Å².